The first kappa shape index (κ1) is 24.9. The summed E-state index contributed by atoms with van der Waals surface area (Å²) < 4.78 is 5.93. The molecule has 1 saturated heterocycles. The molecule has 0 spiro atoms. The van der Waals surface area contributed by atoms with E-state index in [1.165, 1.54) is 16.7 Å². The number of aliphatic carboxylic acids is 1. The summed E-state index contributed by atoms with van der Waals surface area (Å²) in [6.07, 6.45) is 0. The fourth-order valence-corrected chi connectivity index (χ4v) is 5.64. The zero-order valence-electron chi connectivity index (χ0n) is 19.0. The number of ketones is 1. The molecule has 2 unspecified atom stereocenters. The van der Waals surface area contributed by atoms with Crippen LogP contribution in [0.5, 0.6) is 11.5 Å². The van der Waals surface area contributed by atoms with Crippen molar-refractivity contribution in [2.24, 2.45) is 5.92 Å². The highest BCUT2D eigenvalue weighted by Crippen LogP contribution is 2.43. The highest BCUT2D eigenvalue weighted by Gasteiger charge is 2.45. The molecule has 4 rings (SSSR count). The van der Waals surface area contributed by atoms with Crippen LogP contribution in [0.4, 0.5) is 0 Å². The molecule has 0 aliphatic carbocycles. The number of carbonyl (C=O) groups excluding carboxylic acids is 2. The van der Waals surface area contributed by atoms with Crippen molar-refractivity contribution in [1.82, 2.24) is 4.90 Å². The number of rotatable bonds is 8. The largest absolute Gasteiger partial charge is 0.480 e. The van der Waals surface area contributed by atoms with E-state index >= 15 is 0 Å². The minimum atomic E-state index is -1.08. The van der Waals surface area contributed by atoms with E-state index in [0.29, 0.717) is 17.1 Å². The Kier molecular flexibility index (Phi) is 7.83. The first-order chi connectivity index (χ1) is 16.9. The normalized spacial score (nSPS) is 19.1. The maximum atomic E-state index is 13.6. The Morgan fingerprint density at radius 3 is 2.26 bits per heavy atom. The number of amides is 1. The molecule has 6 nitrogen and oxygen atoms in total. The summed E-state index contributed by atoms with van der Waals surface area (Å²) in [6.45, 7) is 1.62. The predicted octanol–water partition coefficient (Wildman–Crippen LogP) is 5.32. The highest BCUT2D eigenvalue weighted by molar-refractivity contribution is 7.99. The lowest BCUT2D eigenvalue weighted by atomic mass is 9.97. The molecule has 1 amide bonds. The lowest BCUT2D eigenvalue weighted by Gasteiger charge is -2.31. The second-order valence-electron chi connectivity index (χ2n) is 8.24. The Morgan fingerprint density at radius 1 is 0.971 bits per heavy atom. The standard InChI is InChI=1S/C27H25NO5S2/c1-17(24(34)23(29)18-9-4-2-5-10-18)25(30)28-22(27(31)32)16-35-26(28)19-11-8-14-21(15-19)33-20-12-6-3-7-13-20/h2-15,17,22,24,26,34H,16H2,1H3,(H,31,32)/t17-,22+,24?,26?/m1/s1. The van der Waals surface area contributed by atoms with Gasteiger partial charge in [-0.2, -0.15) is 12.6 Å². The van der Waals surface area contributed by atoms with Crippen LogP contribution >= 0.6 is 24.4 Å². The zero-order valence-corrected chi connectivity index (χ0v) is 20.7. The van der Waals surface area contributed by atoms with E-state index < -0.39 is 34.5 Å². The number of carbonyl (C=O) groups is 3. The molecule has 180 valence electrons. The second kappa shape index (κ2) is 11.0. The van der Waals surface area contributed by atoms with Crippen LogP contribution in [-0.4, -0.2) is 44.7 Å². The van der Waals surface area contributed by atoms with E-state index in [1.807, 2.05) is 54.6 Å². The number of carboxylic acids is 1. The fourth-order valence-electron chi connectivity index (χ4n) is 3.95. The summed E-state index contributed by atoms with van der Waals surface area (Å²) in [5.74, 6) is -1.10. The molecular weight excluding hydrogens is 482 g/mol. The molecule has 1 N–H and O–H groups in total. The maximum absolute atomic E-state index is 13.6. The van der Waals surface area contributed by atoms with Gasteiger partial charge in [0.25, 0.3) is 0 Å². The monoisotopic (exact) mass is 507 g/mol. The molecule has 3 aromatic rings. The highest BCUT2D eigenvalue weighted by atomic mass is 32.2. The molecule has 1 aliphatic rings. The Bertz CT molecular complexity index is 1200. The molecule has 0 bridgehead atoms. The van der Waals surface area contributed by atoms with Crippen LogP contribution in [0.3, 0.4) is 0 Å². The van der Waals surface area contributed by atoms with Crippen LogP contribution < -0.4 is 4.74 Å². The summed E-state index contributed by atoms with van der Waals surface area (Å²) in [5, 5.41) is 8.40. The van der Waals surface area contributed by atoms with Gasteiger partial charge in [-0.15, -0.1) is 11.8 Å². The second-order valence-corrected chi connectivity index (χ2v) is 9.91. The van der Waals surface area contributed by atoms with Gasteiger partial charge in [0, 0.05) is 11.3 Å². The van der Waals surface area contributed by atoms with Gasteiger partial charge in [0.1, 0.15) is 22.9 Å². The summed E-state index contributed by atoms with van der Waals surface area (Å²) in [7, 11) is 0. The molecule has 0 radical (unpaired) electrons. The first-order valence-electron chi connectivity index (χ1n) is 11.1. The van der Waals surface area contributed by atoms with Gasteiger partial charge in [-0.1, -0.05) is 67.6 Å². The minimum Gasteiger partial charge on any atom is -0.480 e. The third-order valence-corrected chi connectivity index (χ3v) is 7.86. The van der Waals surface area contributed by atoms with Crippen molar-refractivity contribution >= 4 is 42.1 Å². The van der Waals surface area contributed by atoms with Crippen molar-refractivity contribution in [3.8, 4) is 11.5 Å². The average Bonchev–Trinajstić information content (AvgIpc) is 3.34. The number of hydrogen-bond donors (Lipinski definition) is 2. The van der Waals surface area contributed by atoms with Crippen molar-refractivity contribution in [2.75, 3.05) is 5.75 Å². The van der Waals surface area contributed by atoms with Crippen molar-refractivity contribution in [1.29, 1.82) is 0 Å². The molecule has 1 aliphatic heterocycles. The van der Waals surface area contributed by atoms with E-state index in [1.54, 1.807) is 37.3 Å². The molecule has 1 fully saturated rings. The Balaban J connectivity index is 1.59. The smallest absolute Gasteiger partial charge is 0.327 e. The predicted molar refractivity (Wildman–Crippen MR) is 139 cm³/mol. The van der Waals surface area contributed by atoms with Crippen molar-refractivity contribution in [3.63, 3.8) is 0 Å². The molecule has 8 heteroatoms. The lowest BCUT2D eigenvalue weighted by molar-refractivity contribution is -0.150. The summed E-state index contributed by atoms with van der Waals surface area (Å²) in [4.78, 5) is 39.9. The third kappa shape index (κ3) is 5.55. The van der Waals surface area contributed by atoms with Gasteiger partial charge >= 0.3 is 5.97 Å². The molecule has 4 atom stereocenters. The van der Waals surface area contributed by atoms with E-state index in [0.717, 1.165) is 5.56 Å². The van der Waals surface area contributed by atoms with E-state index in [4.69, 9.17) is 4.74 Å². The van der Waals surface area contributed by atoms with Crippen LogP contribution in [0, 0.1) is 5.92 Å². The van der Waals surface area contributed by atoms with E-state index in [9.17, 15) is 19.5 Å². The number of ether oxygens (including phenoxy) is 1. The van der Waals surface area contributed by atoms with Gasteiger partial charge in [0.2, 0.25) is 5.91 Å². The van der Waals surface area contributed by atoms with Gasteiger partial charge in [-0.3, -0.25) is 9.59 Å². The number of Topliss-reactive ketones (excluding diaryl/α,β-unsaturated/α-hetero) is 1. The summed E-state index contributed by atoms with van der Waals surface area (Å²) in [5.41, 5.74) is 1.21. The van der Waals surface area contributed by atoms with Crippen LogP contribution in [0.25, 0.3) is 0 Å². The summed E-state index contributed by atoms with van der Waals surface area (Å²) >= 11 is 5.84. The fraction of sp³-hybridized carbons (Fsp3) is 0.222. The van der Waals surface area contributed by atoms with E-state index in [-0.39, 0.29) is 11.5 Å². The Labute approximate surface area is 213 Å². The van der Waals surface area contributed by atoms with Crippen LogP contribution in [0.1, 0.15) is 28.2 Å². The number of thioether (sulfide) groups is 1. The average molecular weight is 508 g/mol. The van der Waals surface area contributed by atoms with Gasteiger partial charge in [-0.05, 0) is 29.8 Å². The van der Waals surface area contributed by atoms with Crippen molar-refractivity contribution in [2.45, 2.75) is 23.6 Å². The van der Waals surface area contributed by atoms with Crippen LogP contribution in [-0.2, 0) is 9.59 Å². The molecule has 0 aromatic heterocycles. The molecule has 0 saturated carbocycles. The maximum Gasteiger partial charge on any atom is 0.327 e. The molecule has 35 heavy (non-hydrogen) atoms. The van der Waals surface area contributed by atoms with Gasteiger partial charge in [0.15, 0.2) is 5.78 Å². The Hall–Kier alpha value is -3.23. The van der Waals surface area contributed by atoms with Gasteiger partial charge in [-0.25, -0.2) is 4.79 Å². The quantitative estimate of drug-likeness (QED) is 0.317. The molecule has 1 heterocycles. The van der Waals surface area contributed by atoms with E-state index in [2.05, 4.69) is 12.6 Å². The number of nitrogens with zero attached hydrogens (tertiary/aromatic N) is 1. The number of thiol groups is 1. The molecular formula is C27H25NO5S2. The van der Waals surface area contributed by atoms with Crippen molar-refractivity contribution in [3.05, 3.63) is 96.1 Å². The minimum absolute atomic E-state index is 0.242. The third-order valence-electron chi connectivity index (χ3n) is 5.85. The van der Waals surface area contributed by atoms with Gasteiger partial charge < -0.3 is 14.7 Å². The van der Waals surface area contributed by atoms with Crippen LogP contribution in [0.2, 0.25) is 0 Å². The van der Waals surface area contributed by atoms with Gasteiger partial charge in [0.05, 0.1) is 11.2 Å². The number of benzene rings is 3. The SMILES string of the molecule is C[C@@H](C(=O)N1C(c2cccc(Oc3ccccc3)c2)SC[C@H]1C(=O)O)C(S)C(=O)c1ccccc1. The zero-order chi connectivity index (χ0) is 24.9. The summed E-state index contributed by atoms with van der Waals surface area (Å²) in [6, 6.07) is 24.2. The number of carboxylic acid groups (broad SMARTS) is 1. The Morgan fingerprint density at radius 2 is 1.60 bits per heavy atom. The number of para-hydroxylation sites is 1. The first-order valence-corrected chi connectivity index (χ1v) is 12.7. The molecule has 3 aromatic carbocycles. The van der Waals surface area contributed by atoms with Crippen molar-refractivity contribution < 1.29 is 24.2 Å². The van der Waals surface area contributed by atoms with Crippen LogP contribution in [0.15, 0.2) is 84.9 Å². The number of hydrogen-bond acceptors (Lipinski definition) is 6. The lowest BCUT2D eigenvalue weighted by Crippen LogP contribution is -2.47. The topological polar surface area (TPSA) is 83.9 Å².